The number of carboxylic acid groups (broad SMARTS) is 1. The molecule has 0 aliphatic rings. The molecule has 0 bridgehead atoms. The number of ether oxygens (including phenoxy) is 1. The summed E-state index contributed by atoms with van der Waals surface area (Å²) < 4.78 is 5.83. The standard InChI is InChI=1S/C8H9BrN2O3/c9-5-3-11-2-1-7(5)14-4-6(10)8(12)13/h1-3,6H,4,10H2,(H,12,13). The molecule has 0 aliphatic carbocycles. The van der Waals surface area contributed by atoms with E-state index in [0.717, 1.165) is 0 Å². The minimum Gasteiger partial charge on any atom is -0.490 e. The van der Waals surface area contributed by atoms with Crippen LogP contribution in [0.25, 0.3) is 0 Å². The van der Waals surface area contributed by atoms with Crippen molar-refractivity contribution in [2.75, 3.05) is 6.61 Å². The molecule has 0 amide bonds. The van der Waals surface area contributed by atoms with Crippen molar-refractivity contribution in [1.82, 2.24) is 4.98 Å². The molecule has 1 aromatic rings. The largest absolute Gasteiger partial charge is 0.490 e. The van der Waals surface area contributed by atoms with E-state index in [-0.39, 0.29) is 6.61 Å². The van der Waals surface area contributed by atoms with Crippen LogP contribution in [0.1, 0.15) is 0 Å². The number of rotatable bonds is 4. The minimum absolute atomic E-state index is 0.0715. The van der Waals surface area contributed by atoms with Crippen LogP contribution in [-0.4, -0.2) is 28.7 Å². The first-order valence-corrected chi connectivity index (χ1v) is 4.61. The van der Waals surface area contributed by atoms with Crippen molar-refractivity contribution in [1.29, 1.82) is 0 Å². The lowest BCUT2D eigenvalue weighted by Crippen LogP contribution is -2.36. The highest BCUT2D eigenvalue weighted by Gasteiger charge is 2.12. The third-order valence-corrected chi connectivity index (χ3v) is 2.07. The van der Waals surface area contributed by atoms with Crippen molar-refractivity contribution in [2.24, 2.45) is 5.73 Å². The number of hydrogen-bond acceptors (Lipinski definition) is 4. The van der Waals surface area contributed by atoms with E-state index >= 15 is 0 Å². The predicted octanol–water partition coefficient (Wildman–Crippen LogP) is 0.635. The van der Waals surface area contributed by atoms with Crippen LogP contribution in [0, 0.1) is 0 Å². The van der Waals surface area contributed by atoms with Gasteiger partial charge in [0, 0.05) is 12.4 Å². The zero-order valence-electron chi connectivity index (χ0n) is 7.18. The Morgan fingerprint density at radius 1 is 1.79 bits per heavy atom. The first-order chi connectivity index (χ1) is 6.61. The van der Waals surface area contributed by atoms with Crippen LogP contribution < -0.4 is 10.5 Å². The fourth-order valence-electron chi connectivity index (χ4n) is 0.730. The fourth-order valence-corrected chi connectivity index (χ4v) is 1.10. The number of aliphatic carboxylic acids is 1. The summed E-state index contributed by atoms with van der Waals surface area (Å²) in [6.07, 6.45) is 3.11. The lowest BCUT2D eigenvalue weighted by molar-refractivity contribution is -0.139. The van der Waals surface area contributed by atoms with Gasteiger partial charge >= 0.3 is 5.97 Å². The molecule has 0 radical (unpaired) electrons. The van der Waals surface area contributed by atoms with E-state index in [1.807, 2.05) is 0 Å². The molecule has 1 heterocycles. The molecule has 0 spiro atoms. The van der Waals surface area contributed by atoms with E-state index in [0.29, 0.717) is 10.2 Å². The van der Waals surface area contributed by atoms with Gasteiger partial charge in [-0.05, 0) is 22.0 Å². The van der Waals surface area contributed by atoms with Crippen molar-refractivity contribution in [3.63, 3.8) is 0 Å². The summed E-state index contributed by atoms with van der Waals surface area (Å²) in [4.78, 5) is 14.2. The quantitative estimate of drug-likeness (QED) is 0.830. The summed E-state index contributed by atoms with van der Waals surface area (Å²) >= 11 is 3.21. The molecule has 0 saturated heterocycles. The lowest BCUT2D eigenvalue weighted by atomic mass is 10.3. The maximum atomic E-state index is 10.4. The molecule has 0 aliphatic heterocycles. The van der Waals surface area contributed by atoms with Gasteiger partial charge in [0.15, 0.2) is 0 Å². The summed E-state index contributed by atoms with van der Waals surface area (Å²) in [5, 5.41) is 8.50. The number of carboxylic acids is 1. The molecule has 0 fully saturated rings. The van der Waals surface area contributed by atoms with E-state index in [1.165, 1.54) is 0 Å². The zero-order valence-corrected chi connectivity index (χ0v) is 8.77. The van der Waals surface area contributed by atoms with Gasteiger partial charge in [-0.25, -0.2) is 0 Å². The van der Waals surface area contributed by atoms with E-state index in [4.69, 9.17) is 15.6 Å². The molecular formula is C8H9BrN2O3. The van der Waals surface area contributed by atoms with Crippen LogP contribution in [-0.2, 0) is 4.79 Å². The average molecular weight is 261 g/mol. The monoisotopic (exact) mass is 260 g/mol. The van der Waals surface area contributed by atoms with E-state index in [2.05, 4.69) is 20.9 Å². The van der Waals surface area contributed by atoms with Gasteiger partial charge in [-0.1, -0.05) is 0 Å². The van der Waals surface area contributed by atoms with Crippen molar-refractivity contribution in [3.05, 3.63) is 22.9 Å². The number of hydrogen-bond donors (Lipinski definition) is 2. The molecule has 0 aromatic carbocycles. The Kier molecular flexibility index (Phi) is 3.84. The molecule has 1 aromatic heterocycles. The van der Waals surface area contributed by atoms with Gasteiger partial charge in [-0.15, -0.1) is 0 Å². The highest BCUT2D eigenvalue weighted by Crippen LogP contribution is 2.22. The van der Waals surface area contributed by atoms with Crippen molar-refractivity contribution < 1.29 is 14.6 Å². The van der Waals surface area contributed by atoms with Crippen LogP contribution in [0.3, 0.4) is 0 Å². The van der Waals surface area contributed by atoms with Gasteiger partial charge < -0.3 is 15.6 Å². The Balaban J connectivity index is 2.54. The van der Waals surface area contributed by atoms with Gasteiger partial charge in [0.2, 0.25) is 0 Å². The van der Waals surface area contributed by atoms with Gasteiger partial charge in [0.05, 0.1) is 4.47 Å². The number of nitrogens with zero attached hydrogens (tertiary/aromatic N) is 1. The number of halogens is 1. The second-order valence-electron chi connectivity index (χ2n) is 2.56. The third-order valence-electron chi connectivity index (χ3n) is 1.47. The van der Waals surface area contributed by atoms with Crippen molar-refractivity contribution in [3.8, 4) is 5.75 Å². The van der Waals surface area contributed by atoms with Gasteiger partial charge in [0.1, 0.15) is 18.4 Å². The second kappa shape index (κ2) is 4.92. The Morgan fingerprint density at radius 2 is 2.50 bits per heavy atom. The topological polar surface area (TPSA) is 85.4 Å². The normalized spacial score (nSPS) is 12.1. The predicted molar refractivity (Wildman–Crippen MR) is 53.0 cm³/mol. The number of carbonyl (C=O) groups is 1. The van der Waals surface area contributed by atoms with Crippen LogP contribution in [0.15, 0.2) is 22.9 Å². The van der Waals surface area contributed by atoms with Crippen LogP contribution >= 0.6 is 15.9 Å². The maximum Gasteiger partial charge on any atom is 0.324 e. The summed E-state index contributed by atoms with van der Waals surface area (Å²) in [5.41, 5.74) is 5.26. The summed E-state index contributed by atoms with van der Waals surface area (Å²) in [6, 6.07) is 0.605. The lowest BCUT2D eigenvalue weighted by Gasteiger charge is -2.09. The molecule has 76 valence electrons. The van der Waals surface area contributed by atoms with Crippen molar-refractivity contribution in [2.45, 2.75) is 6.04 Å². The third kappa shape index (κ3) is 2.97. The first kappa shape index (κ1) is 10.9. The number of nitrogens with two attached hydrogens (primary N) is 1. The first-order valence-electron chi connectivity index (χ1n) is 3.82. The molecule has 5 nitrogen and oxygen atoms in total. The molecule has 1 rings (SSSR count). The van der Waals surface area contributed by atoms with Crippen LogP contribution in [0.4, 0.5) is 0 Å². The smallest absolute Gasteiger partial charge is 0.324 e. The highest BCUT2D eigenvalue weighted by molar-refractivity contribution is 9.10. The SMILES string of the molecule is NC(COc1ccncc1Br)C(=O)O. The van der Waals surface area contributed by atoms with E-state index in [9.17, 15) is 4.79 Å². The summed E-state index contributed by atoms with van der Waals surface area (Å²) in [7, 11) is 0. The molecule has 1 unspecified atom stereocenters. The molecular weight excluding hydrogens is 252 g/mol. The fraction of sp³-hybridized carbons (Fsp3) is 0.250. The molecule has 1 atom stereocenters. The van der Waals surface area contributed by atoms with E-state index < -0.39 is 12.0 Å². The average Bonchev–Trinajstić information content (AvgIpc) is 2.16. The summed E-state index contributed by atoms with van der Waals surface area (Å²) in [5.74, 6) is -0.563. The minimum atomic E-state index is -1.09. The molecule has 3 N–H and O–H groups in total. The van der Waals surface area contributed by atoms with Crippen molar-refractivity contribution >= 4 is 21.9 Å². The Hall–Kier alpha value is -1.14. The number of pyridine rings is 1. The second-order valence-corrected chi connectivity index (χ2v) is 3.42. The molecule has 6 heteroatoms. The van der Waals surface area contributed by atoms with Crippen LogP contribution in [0.2, 0.25) is 0 Å². The number of aromatic nitrogens is 1. The molecule has 14 heavy (non-hydrogen) atoms. The molecule has 0 saturated carbocycles. The Bertz CT molecular complexity index is 332. The van der Waals surface area contributed by atoms with Gasteiger partial charge in [0.25, 0.3) is 0 Å². The maximum absolute atomic E-state index is 10.4. The van der Waals surface area contributed by atoms with Gasteiger partial charge in [-0.3, -0.25) is 9.78 Å². The van der Waals surface area contributed by atoms with Crippen LogP contribution in [0.5, 0.6) is 5.75 Å². The Labute approximate surface area is 89.0 Å². The van der Waals surface area contributed by atoms with Gasteiger partial charge in [-0.2, -0.15) is 0 Å². The highest BCUT2D eigenvalue weighted by atomic mass is 79.9. The van der Waals surface area contributed by atoms with E-state index in [1.54, 1.807) is 18.5 Å². The Morgan fingerprint density at radius 3 is 3.07 bits per heavy atom. The summed E-state index contributed by atoms with van der Waals surface area (Å²) in [6.45, 7) is -0.0715. The zero-order chi connectivity index (χ0) is 10.6.